The van der Waals surface area contributed by atoms with Gasteiger partial charge in [-0.25, -0.2) is 4.79 Å². The maximum atomic E-state index is 13.2. The third-order valence-electron chi connectivity index (χ3n) is 7.28. The minimum absolute atomic E-state index is 0.0149. The van der Waals surface area contributed by atoms with Gasteiger partial charge in [-0.05, 0) is 38.0 Å². The minimum atomic E-state index is -4.39. The van der Waals surface area contributed by atoms with Crippen LogP contribution in [-0.4, -0.2) is 63.2 Å². The summed E-state index contributed by atoms with van der Waals surface area (Å²) in [6, 6.07) is 0.0149. The fourth-order valence-corrected chi connectivity index (χ4v) is 6.04. The Kier molecular flexibility index (Phi) is 4.18. The first-order valence-electron chi connectivity index (χ1n) is 10.5. The minimum Gasteiger partial charge on any atom is -0.347 e. The van der Waals surface area contributed by atoms with E-state index in [1.165, 1.54) is 13.2 Å². The Balaban J connectivity index is 1.10. The molecule has 3 saturated heterocycles. The highest BCUT2D eigenvalue weighted by Gasteiger charge is 2.56. The molecule has 0 unspecified atom stereocenters. The van der Waals surface area contributed by atoms with E-state index in [1.54, 1.807) is 4.90 Å². The van der Waals surface area contributed by atoms with Crippen LogP contribution in [0.3, 0.4) is 0 Å². The van der Waals surface area contributed by atoms with E-state index in [4.69, 9.17) is 0 Å². The molecule has 1 aliphatic carbocycles. The summed E-state index contributed by atoms with van der Waals surface area (Å²) in [7, 11) is 1.32. The molecule has 1 aromatic rings. The molecular formula is C20H26F3N5O2. The van der Waals surface area contributed by atoms with Gasteiger partial charge in [0.1, 0.15) is 5.69 Å². The van der Waals surface area contributed by atoms with Crippen molar-refractivity contribution in [3.63, 3.8) is 0 Å². The number of urea groups is 1. The molecule has 10 heteroatoms. The van der Waals surface area contributed by atoms with E-state index in [-0.39, 0.29) is 34.4 Å². The van der Waals surface area contributed by atoms with Crippen molar-refractivity contribution >= 4 is 11.9 Å². The van der Waals surface area contributed by atoms with Gasteiger partial charge >= 0.3 is 12.2 Å². The van der Waals surface area contributed by atoms with E-state index in [9.17, 15) is 22.8 Å². The number of nitrogens with one attached hydrogen (secondary N) is 1. The molecule has 1 aromatic heterocycles. The summed E-state index contributed by atoms with van der Waals surface area (Å²) in [4.78, 5) is 27.9. The molecule has 1 saturated carbocycles. The predicted molar refractivity (Wildman–Crippen MR) is 100 cm³/mol. The monoisotopic (exact) mass is 425 g/mol. The van der Waals surface area contributed by atoms with Gasteiger partial charge in [0.05, 0.1) is 11.7 Å². The number of halogens is 3. The van der Waals surface area contributed by atoms with Gasteiger partial charge in [0.15, 0.2) is 0 Å². The summed E-state index contributed by atoms with van der Waals surface area (Å²) in [6.07, 6.45) is 1.37. The molecule has 0 bridgehead atoms. The molecule has 0 aromatic carbocycles. The van der Waals surface area contributed by atoms with Gasteiger partial charge in [-0.3, -0.25) is 9.48 Å². The first-order chi connectivity index (χ1) is 14.1. The topological polar surface area (TPSA) is 70.5 Å². The number of piperidine rings is 1. The lowest BCUT2D eigenvalue weighted by molar-refractivity contribution is -0.144. The number of aromatic nitrogens is 2. The van der Waals surface area contributed by atoms with Crippen LogP contribution in [0, 0.1) is 11.3 Å². The number of nitrogens with zero attached hydrogens (tertiary/aromatic N) is 4. The summed E-state index contributed by atoms with van der Waals surface area (Å²) in [5.41, 5.74) is -0.551. The lowest BCUT2D eigenvalue weighted by atomic mass is 9.56. The highest BCUT2D eigenvalue weighted by atomic mass is 19.4. The van der Waals surface area contributed by atoms with Gasteiger partial charge in [-0.2, -0.15) is 18.3 Å². The number of hydrogen-bond acceptors (Lipinski definition) is 3. The molecule has 4 heterocycles. The molecule has 2 spiro atoms. The zero-order valence-corrected chi connectivity index (χ0v) is 17.0. The van der Waals surface area contributed by atoms with Gasteiger partial charge in [-0.15, -0.1) is 0 Å². The molecule has 4 fully saturated rings. The highest BCUT2D eigenvalue weighted by molar-refractivity contribution is 5.80. The van der Waals surface area contributed by atoms with Gasteiger partial charge in [0.2, 0.25) is 5.91 Å². The van der Waals surface area contributed by atoms with Crippen LogP contribution in [0.15, 0.2) is 6.20 Å². The smallest absolute Gasteiger partial charge is 0.347 e. The maximum Gasteiger partial charge on any atom is 0.433 e. The number of carbonyl (C=O) groups excluding carboxylic acids is 2. The number of aryl methyl sites for hydroxylation is 1. The van der Waals surface area contributed by atoms with Gasteiger partial charge in [0, 0.05) is 50.6 Å². The normalized spacial score (nSPS) is 25.0. The van der Waals surface area contributed by atoms with Gasteiger partial charge < -0.3 is 15.1 Å². The number of carbonyl (C=O) groups is 2. The second kappa shape index (κ2) is 6.37. The third-order valence-corrected chi connectivity index (χ3v) is 7.28. The molecule has 4 aliphatic rings. The predicted octanol–water partition coefficient (Wildman–Crippen LogP) is 2.17. The summed E-state index contributed by atoms with van der Waals surface area (Å²) in [5.74, 6) is 0.274. The number of hydrogen-bond donors (Lipinski definition) is 1. The summed E-state index contributed by atoms with van der Waals surface area (Å²) in [5, 5.41) is 6.82. The largest absolute Gasteiger partial charge is 0.433 e. The summed E-state index contributed by atoms with van der Waals surface area (Å²) in [6.45, 7) is 2.50. The lowest BCUT2D eigenvalue weighted by Gasteiger charge is -2.61. The molecule has 3 amide bonds. The van der Waals surface area contributed by atoms with Crippen LogP contribution in [0.5, 0.6) is 0 Å². The van der Waals surface area contributed by atoms with Crippen molar-refractivity contribution in [2.75, 3.05) is 26.2 Å². The molecular weight excluding hydrogens is 399 g/mol. The van der Waals surface area contributed by atoms with Crippen molar-refractivity contribution in [1.29, 1.82) is 0 Å². The molecule has 7 nitrogen and oxygen atoms in total. The number of likely N-dealkylation sites (tertiary alicyclic amines) is 2. The fourth-order valence-electron chi connectivity index (χ4n) is 6.04. The fraction of sp³-hybridized carbons (Fsp3) is 0.750. The van der Waals surface area contributed by atoms with E-state index < -0.39 is 11.9 Å². The zero-order chi connectivity index (χ0) is 21.3. The van der Waals surface area contributed by atoms with Crippen LogP contribution in [0.2, 0.25) is 0 Å². The molecule has 3 aliphatic heterocycles. The van der Waals surface area contributed by atoms with Crippen LogP contribution in [0.1, 0.15) is 43.4 Å². The standard InChI is InChI=1S/C20H26F3N5O2/c1-26-16(20(21,22)23)14(8-24-26)5-13-6-18(7-13)9-27(10-18)17(30)28-11-19(12-28)4-2-3-15(29)25-19/h8,13H,2-7,9-12H2,1H3,(H,25,29). The SMILES string of the molecule is Cn1ncc(CC2CC3(C2)CN(C(=O)N2CC4(CCCC(=O)N4)C2)C3)c1C(F)(F)F. The molecule has 5 rings (SSSR count). The average Bonchev–Trinajstić information content (AvgIpc) is 2.93. The van der Waals surface area contributed by atoms with Crippen molar-refractivity contribution in [2.24, 2.45) is 18.4 Å². The van der Waals surface area contributed by atoms with Crippen LogP contribution in [0.4, 0.5) is 18.0 Å². The van der Waals surface area contributed by atoms with E-state index in [1.807, 2.05) is 4.90 Å². The lowest BCUT2D eigenvalue weighted by Crippen LogP contribution is -2.75. The Bertz CT molecular complexity index is 875. The molecule has 0 atom stereocenters. The van der Waals surface area contributed by atoms with E-state index >= 15 is 0 Å². The van der Waals surface area contributed by atoms with Crippen LogP contribution in [-0.2, 0) is 24.4 Å². The number of amides is 3. The van der Waals surface area contributed by atoms with Crippen LogP contribution >= 0.6 is 0 Å². The van der Waals surface area contributed by atoms with Gasteiger partial charge in [0.25, 0.3) is 0 Å². The second-order valence-corrected chi connectivity index (χ2v) is 9.79. The Labute approximate surface area is 172 Å². The highest BCUT2D eigenvalue weighted by Crippen LogP contribution is 2.53. The van der Waals surface area contributed by atoms with Gasteiger partial charge in [-0.1, -0.05) is 0 Å². The Morgan fingerprint density at radius 1 is 1.23 bits per heavy atom. The van der Waals surface area contributed by atoms with Crippen molar-refractivity contribution in [3.8, 4) is 0 Å². The van der Waals surface area contributed by atoms with Crippen molar-refractivity contribution in [1.82, 2.24) is 24.9 Å². The van der Waals surface area contributed by atoms with Crippen molar-refractivity contribution in [3.05, 3.63) is 17.5 Å². The number of alkyl halides is 3. The quantitative estimate of drug-likeness (QED) is 0.790. The molecule has 0 radical (unpaired) electrons. The van der Waals surface area contributed by atoms with E-state index in [2.05, 4.69) is 10.4 Å². The third kappa shape index (κ3) is 3.15. The Hall–Kier alpha value is -2.26. The molecule has 164 valence electrons. The Morgan fingerprint density at radius 2 is 1.90 bits per heavy atom. The van der Waals surface area contributed by atoms with Crippen molar-refractivity contribution < 1.29 is 22.8 Å². The average molecular weight is 425 g/mol. The summed E-state index contributed by atoms with van der Waals surface area (Å²) < 4.78 is 40.6. The molecule has 30 heavy (non-hydrogen) atoms. The summed E-state index contributed by atoms with van der Waals surface area (Å²) >= 11 is 0. The van der Waals surface area contributed by atoms with E-state index in [0.29, 0.717) is 39.0 Å². The first-order valence-corrected chi connectivity index (χ1v) is 10.5. The van der Waals surface area contributed by atoms with Crippen LogP contribution in [0.25, 0.3) is 0 Å². The van der Waals surface area contributed by atoms with Crippen LogP contribution < -0.4 is 5.32 Å². The second-order valence-electron chi connectivity index (χ2n) is 9.79. The number of rotatable bonds is 2. The zero-order valence-electron chi connectivity index (χ0n) is 17.0. The van der Waals surface area contributed by atoms with Crippen molar-refractivity contribution in [2.45, 2.75) is 50.2 Å². The molecule has 1 N–H and O–H groups in total. The Morgan fingerprint density at radius 3 is 2.53 bits per heavy atom. The van der Waals surface area contributed by atoms with E-state index in [0.717, 1.165) is 30.4 Å². The first kappa shape index (κ1) is 19.7. The maximum absolute atomic E-state index is 13.2.